The van der Waals surface area contributed by atoms with Gasteiger partial charge in [-0.15, -0.1) is 5.10 Å². The molecule has 140 valence electrons. The number of likely N-dealkylation sites (tertiary alicyclic amines) is 1. The van der Waals surface area contributed by atoms with Crippen molar-refractivity contribution in [1.82, 2.24) is 20.4 Å². The van der Waals surface area contributed by atoms with Gasteiger partial charge in [-0.1, -0.05) is 35.4 Å². The Bertz CT molecular complexity index is 829. The predicted octanol–water partition coefficient (Wildman–Crippen LogP) is 1.78. The number of nitrogens with zero attached hydrogens (tertiary/aromatic N) is 3. The number of rotatable bonds is 6. The summed E-state index contributed by atoms with van der Waals surface area (Å²) in [4.78, 5) is 13.8. The first kappa shape index (κ1) is 18.4. The first-order chi connectivity index (χ1) is 12.5. The van der Waals surface area contributed by atoms with Crippen molar-refractivity contribution in [3.8, 4) is 0 Å². The van der Waals surface area contributed by atoms with Crippen molar-refractivity contribution in [3.63, 3.8) is 0 Å². The molecular formula is C17H22N4O4S. The molecular weight excluding hydrogens is 356 g/mol. The fourth-order valence-corrected chi connectivity index (χ4v) is 3.95. The molecule has 0 unspecified atom stereocenters. The van der Waals surface area contributed by atoms with E-state index < -0.39 is 15.1 Å². The summed E-state index contributed by atoms with van der Waals surface area (Å²) < 4.78 is 29.9. The molecule has 1 fully saturated rings. The normalized spacial score (nSPS) is 15.0. The van der Waals surface area contributed by atoms with Crippen LogP contribution in [0.2, 0.25) is 0 Å². The number of urea groups is 1. The van der Waals surface area contributed by atoms with Crippen LogP contribution in [0.4, 0.5) is 4.79 Å². The van der Waals surface area contributed by atoms with E-state index in [2.05, 4.69) is 15.5 Å². The van der Waals surface area contributed by atoms with Crippen LogP contribution in [-0.4, -0.2) is 49.2 Å². The summed E-state index contributed by atoms with van der Waals surface area (Å²) in [5.74, 6) is -0.00293. The molecule has 1 N–H and O–H groups in total. The number of sulfone groups is 1. The van der Waals surface area contributed by atoms with Gasteiger partial charge in [0.2, 0.25) is 15.7 Å². The Hall–Kier alpha value is -2.42. The van der Waals surface area contributed by atoms with E-state index in [0.29, 0.717) is 12.1 Å². The van der Waals surface area contributed by atoms with Crippen molar-refractivity contribution in [3.05, 3.63) is 41.8 Å². The van der Waals surface area contributed by atoms with Gasteiger partial charge in [-0.3, -0.25) is 0 Å². The minimum atomic E-state index is -3.69. The van der Waals surface area contributed by atoms with Gasteiger partial charge in [0.25, 0.3) is 0 Å². The molecule has 0 aliphatic carbocycles. The molecule has 0 saturated carbocycles. The van der Waals surface area contributed by atoms with Crippen LogP contribution >= 0.6 is 0 Å². The Morgan fingerprint density at radius 1 is 1.12 bits per heavy atom. The average molecular weight is 378 g/mol. The number of carbonyl (C=O) groups is 1. The maximum absolute atomic E-state index is 12.3. The van der Waals surface area contributed by atoms with Crippen LogP contribution < -0.4 is 5.32 Å². The quantitative estimate of drug-likeness (QED) is 0.821. The number of nitrogens with one attached hydrogen (secondary N) is 1. The second kappa shape index (κ2) is 8.31. The Kier molecular flexibility index (Phi) is 5.87. The number of hydrogen-bond donors (Lipinski definition) is 1. The molecule has 1 aliphatic rings. The highest BCUT2D eigenvalue weighted by Gasteiger charge is 2.23. The van der Waals surface area contributed by atoms with E-state index in [1.165, 1.54) is 0 Å². The van der Waals surface area contributed by atoms with Gasteiger partial charge < -0.3 is 14.6 Å². The number of carbonyl (C=O) groups excluding carboxylic acids is 1. The molecule has 0 atom stereocenters. The first-order valence-corrected chi connectivity index (χ1v) is 10.3. The second-order valence-electron chi connectivity index (χ2n) is 6.24. The summed E-state index contributed by atoms with van der Waals surface area (Å²) in [6.07, 6.45) is 3.50. The molecule has 1 aromatic heterocycles. The van der Waals surface area contributed by atoms with E-state index in [0.717, 1.165) is 32.4 Å². The lowest BCUT2D eigenvalue weighted by atomic mass is 10.1. The maximum atomic E-state index is 12.3. The summed E-state index contributed by atoms with van der Waals surface area (Å²) in [6.45, 7) is 1.86. The van der Waals surface area contributed by atoms with Crippen molar-refractivity contribution >= 4 is 15.9 Å². The summed E-state index contributed by atoms with van der Waals surface area (Å²) in [5.41, 5.74) is 0.654. The van der Waals surface area contributed by atoms with Crippen LogP contribution in [0.15, 0.2) is 40.0 Å². The third kappa shape index (κ3) is 4.81. The van der Waals surface area contributed by atoms with E-state index in [-0.39, 0.29) is 24.1 Å². The van der Waals surface area contributed by atoms with Gasteiger partial charge in [0.15, 0.2) is 0 Å². The van der Waals surface area contributed by atoms with Crippen molar-refractivity contribution in [2.45, 2.75) is 36.7 Å². The molecule has 1 aliphatic heterocycles. The minimum Gasteiger partial charge on any atom is -0.412 e. The Balaban J connectivity index is 1.52. The zero-order valence-corrected chi connectivity index (χ0v) is 15.2. The summed E-state index contributed by atoms with van der Waals surface area (Å²) in [6, 6.07) is 8.71. The zero-order chi connectivity index (χ0) is 18.4. The monoisotopic (exact) mass is 378 g/mol. The van der Waals surface area contributed by atoms with Gasteiger partial charge in [-0.25, -0.2) is 13.2 Å². The van der Waals surface area contributed by atoms with Gasteiger partial charge >= 0.3 is 11.3 Å². The number of amides is 2. The van der Waals surface area contributed by atoms with E-state index >= 15 is 0 Å². The predicted molar refractivity (Wildman–Crippen MR) is 94.2 cm³/mol. The third-order valence-electron chi connectivity index (χ3n) is 4.17. The van der Waals surface area contributed by atoms with E-state index in [9.17, 15) is 13.2 Å². The van der Waals surface area contributed by atoms with Gasteiger partial charge in [-0.05, 0) is 24.8 Å². The lowest BCUT2D eigenvalue weighted by Gasteiger charge is -2.26. The summed E-state index contributed by atoms with van der Waals surface area (Å²) in [7, 11) is -3.69. The van der Waals surface area contributed by atoms with Gasteiger partial charge in [0, 0.05) is 26.1 Å². The minimum absolute atomic E-state index is 0.110. The fraction of sp³-hybridized carbons (Fsp3) is 0.471. The molecule has 1 saturated heterocycles. The highest BCUT2D eigenvalue weighted by Crippen LogP contribution is 2.15. The topological polar surface area (TPSA) is 105 Å². The molecule has 9 heteroatoms. The molecule has 2 amide bonds. The van der Waals surface area contributed by atoms with E-state index in [1.807, 2.05) is 6.07 Å². The molecule has 26 heavy (non-hydrogen) atoms. The summed E-state index contributed by atoms with van der Waals surface area (Å²) >= 11 is 0. The van der Waals surface area contributed by atoms with Crippen molar-refractivity contribution in [2.24, 2.45) is 0 Å². The molecule has 0 spiro atoms. The smallest absolute Gasteiger partial charge is 0.335 e. The third-order valence-corrected chi connectivity index (χ3v) is 5.58. The number of hydrogen-bond acceptors (Lipinski definition) is 6. The van der Waals surface area contributed by atoms with Crippen molar-refractivity contribution in [2.75, 3.05) is 19.6 Å². The van der Waals surface area contributed by atoms with Crippen LogP contribution in [-0.2, 0) is 22.0 Å². The van der Waals surface area contributed by atoms with Gasteiger partial charge in [0.1, 0.15) is 0 Å². The maximum Gasteiger partial charge on any atom is 0.335 e. The Morgan fingerprint density at radius 3 is 2.58 bits per heavy atom. The second-order valence-corrected chi connectivity index (χ2v) is 8.10. The first-order valence-electron chi connectivity index (χ1n) is 8.66. The van der Waals surface area contributed by atoms with Crippen molar-refractivity contribution in [1.29, 1.82) is 0 Å². The van der Waals surface area contributed by atoms with Crippen LogP contribution in [0.25, 0.3) is 0 Å². The largest absolute Gasteiger partial charge is 0.412 e. The average Bonchev–Trinajstić information content (AvgIpc) is 3.13. The van der Waals surface area contributed by atoms with Crippen LogP contribution in [0.5, 0.6) is 0 Å². The molecule has 8 nitrogen and oxygen atoms in total. The Morgan fingerprint density at radius 2 is 1.85 bits per heavy atom. The lowest BCUT2D eigenvalue weighted by molar-refractivity contribution is 0.186. The van der Waals surface area contributed by atoms with E-state index in [1.54, 1.807) is 29.2 Å². The molecule has 0 radical (unpaired) electrons. The number of aromatic nitrogens is 2. The highest BCUT2D eigenvalue weighted by atomic mass is 32.2. The van der Waals surface area contributed by atoms with E-state index in [4.69, 9.17) is 4.42 Å². The zero-order valence-electron chi connectivity index (χ0n) is 14.4. The van der Waals surface area contributed by atoms with Crippen molar-refractivity contribution < 1.29 is 17.6 Å². The highest BCUT2D eigenvalue weighted by molar-refractivity contribution is 7.90. The number of piperidine rings is 1. The SMILES string of the molecule is O=C(NCCc1nnc(S(=O)(=O)Cc2ccccc2)o1)N1CCCCC1. The van der Waals surface area contributed by atoms with Crippen LogP contribution in [0.3, 0.4) is 0 Å². The Labute approximate surface area is 152 Å². The molecule has 2 heterocycles. The fourth-order valence-electron chi connectivity index (χ4n) is 2.81. The van der Waals surface area contributed by atoms with Crippen LogP contribution in [0.1, 0.15) is 30.7 Å². The molecule has 3 rings (SSSR count). The standard InChI is InChI=1S/C17H22N4O4S/c22-16(21-11-5-2-6-12-21)18-10-9-15-19-20-17(25-15)26(23,24)13-14-7-3-1-4-8-14/h1,3-4,7-8H,2,5-6,9-13H2,(H,18,22). The van der Waals surface area contributed by atoms with Gasteiger partial charge in [0.05, 0.1) is 5.75 Å². The van der Waals surface area contributed by atoms with Crippen LogP contribution in [0, 0.1) is 0 Å². The lowest BCUT2D eigenvalue weighted by Crippen LogP contribution is -2.43. The summed E-state index contributed by atoms with van der Waals surface area (Å²) in [5, 5.41) is 9.82. The molecule has 1 aromatic carbocycles. The molecule has 2 aromatic rings. The van der Waals surface area contributed by atoms with Gasteiger partial charge in [-0.2, -0.15) is 0 Å². The molecule has 0 bridgehead atoms. The number of benzene rings is 1.